The summed E-state index contributed by atoms with van der Waals surface area (Å²) in [5, 5.41) is 0. The Morgan fingerprint density at radius 2 is 2.00 bits per heavy atom. The van der Waals surface area contributed by atoms with Crippen molar-refractivity contribution in [2.45, 2.75) is 51.1 Å². The zero-order valence-electron chi connectivity index (χ0n) is 11.3. The molecule has 2 N–H and O–H groups in total. The Labute approximate surface area is 109 Å². The zero-order chi connectivity index (χ0) is 12.8. The summed E-state index contributed by atoms with van der Waals surface area (Å²) in [6, 6.07) is 0.670. The number of hydrogen-bond acceptors (Lipinski definition) is 3. The van der Waals surface area contributed by atoms with Gasteiger partial charge in [0.25, 0.3) is 0 Å². The normalized spacial score (nSPS) is 26.6. The average molecular weight is 258 g/mol. The van der Waals surface area contributed by atoms with E-state index in [9.17, 15) is 4.79 Å². The maximum absolute atomic E-state index is 12.3. The van der Waals surface area contributed by atoms with Crippen LogP contribution >= 0.6 is 11.8 Å². The third-order valence-electron chi connectivity index (χ3n) is 3.87. The van der Waals surface area contributed by atoms with Crippen molar-refractivity contribution in [2.75, 3.05) is 19.1 Å². The number of rotatable bonds is 5. The Bertz CT molecular complexity index is 240. The van der Waals surface area contributed by atoms with E-state index in [-0.39, 0.29) is 5.92 Å². The minimum absolute atomic E-state index is 0.219. The summed E-state index contributed by atoms with van der Waals surface area (Å²) in [6.45, 7) is 2.14. The fraction of sp³-hybridized carbons (Fsp3) is 0.923. The number of thioether (sulfide) groups is 1. The molecule has 0 saturated heterocycles. The lowest BCUT2D eigenvalue weighted by Gasteiger charge is -2.32. The number of carbonyl (C=O) groups excluding carboxylic acids is 1. The van der Waals surface area contributed by atoms with Gasteiger partial charge in [0.15, 0.2) is 0 Å². The fourth-order valence-corrected chi connectivity index (χ4v) is 2.93. The maximum atomic E-state index is 12.3. The van der Waals surface area contributed by atoms with Gasteiger partial charge in [0, 0.05) is 25.0 Å². The molecule has 0 aromatic carbocycles. The zero-order valence-corrected chi connectivity index (χ0v) is 12.1. The molecule has 0 bridgehead atoms. The third kappa shape index (κ3) is 4.51. The van der Waals surface area contributed by atoms with Crippen LogP contribution in [0.5, 0.6) is 0 Å². The monoisotopic (exact) mass is 258 g/mol. The highest BCUT2D eigenvalue weighted by atomic mass is 32.2. The second kappa shape index (κ2) is 7.27. The molecule has 0 aromatic rings. The van der Waals surface area contributed by atoms with Crippen molar-refractivity contribution in [1.29, 1.82) is 0 Å². The summed E-state index contributed by atoms with van der Waals surface area (Å²) in [5.74, 6) is 1.66. The van der Waals surface area contributed by atoms with Gasteiger partial charge in [-0.15, -0.1) is 0 Å². The smallest absolute Gasteiger partial charge is 0.225 e. The van der Waals surface area contributed by atoms with Crippen LogP contribution in [0.2, 0.25) is 0 Å². The van der Waals surface area contributed by atoms with Gasteiger partial charge in [-0.1, -0.05) is 0 Å². The molecule has 0 heterocycles. The third-order valence-corrected chi connectivity index (χ3v) is 4.51. The average Bonchev–Trinajstić information content (AvgIpc) is 2.35. The summed E-state index contributed by atoms with van der Waals surface area (Å²) in [7, 11) is 1.95. The van der Waals surface area contributed by atoms with Crippen LogP contribution in [-0.4, -0.2) is 41.9 Å². The highest BCUT2D eigenvalue weighted by Gasteiger charge is 2.28. The van der Waals surface area contributed by atoms with E-state index >= 15 is 0 Å². The molecule has 0 spiro atoms. The molecule has 1 fully saturated rings. The number of nitrogens with zero attached hydrogens (tertiary/aromatic N) is 1. The number of amides is 1. The molecule has 17 heavy (non-hydrogen) atoms. The number of carbonyl (C=O) groups is 1. The van der Waals surface area contributed by atoms with Crippen LogP contribution in [0, 0.1) is 5.92 Å². The lowest BCUT2D eigenvalue weighted by atomic mass is 9.85. The first kappa shape index (κ1) is 14.8. The van der Waals surface area contributed by atoms with Gasteiger partial charge in [0.2, 0.25) is 5.91 Å². The van der Waals surface area contributed by atoms with Crippen molar-refractivity contribution in [2.24, 2.45) is 11.7 Å². The molecule has 1 amide bonds. The SMILES string of the molecule is CSCCC(C)N(C)C(=O)C1CCC(N)CC1. The van der Waals surface area contributed by atoms with Gasteiger partial charge in [-0.25, -0.2) is 0 Å². The first-order valence-corrected chi connectivity index (χ1v) is 7.96. The first-order valence-electron chi connectivity index (χ1n) is 6.57. The number of hydrogen-bond donors (Lipinski definition) is 1. The van der Waals surface area contributed by atoms with Gasteiger partial charge in [-0.2, -0.15) is 11.8 Å². The predicted molar refractivity (Wildman–Crippen MR) is 75.2 cm³/mol. The molecule has 0 aliphatic heterocycles. The Morgan fingerprint density at radius 1 is 1.41 bits per heavy atom. The van der Waals surface area contributed by atoms with E-state index in [1.165, 1.54) is 0 Å². The van der Waals surface area contributed by atoms with Gasteiger partial charge in [0.1, 0.15) is 0 Å². The topological polar surface area (TPSA) is 46.3 Å². The quantitative estimate of drug-likeness (QED) is 0.821. The Morgan fingerprint density at radius 3 is 2.53 bits per heavy atom. The maximum Gasteiger partial charge on any atom is 0.225 e. The van der Waals surface area contributed by atoms with Crippen LogP contribution in [0.1, 0.15) is 39.0 Å². The van der Waals surface area contributed by atoms with E-state index in [0.29, 0.717) is 18.0 Å². The van der Waals surface area contributed by atoms with Crippen molar-refractivity contribution in [3.63, 3.8) is 0 Å². The number of nitrogens with two attached hydrogens (primary N) is 1. The minimum atomic E-state index is 0.219. The van der Waals surface area contributed by atoms with Crippen LogP contribution < -0.4 is 5.73 Å². The standard InChI is InChI=1S/C13H26N2OS/c1-10(8-9-17-3)15(2)13(16)11-4-6-12(14)7-5-11/h10-12H,4-9,14H2,1-3H3. The molecule has 100 valence electrons. The molecule has 1 atom stereocenters. The van der Waals surface area contributed by atoms with Crippen LogP contribution in [-0.2, 0) is 4.79 Å². The molecule has 1 saturated carbocycles. The van der Waals surface area contributed by atoms with Gasteiger partial charge in [-0.05, 0) is 51.0 Å². The summed E-state index contributed by atoms with van der Waals surface area (Å²) in [6.07, 6.45) is 7.14. The van der Waals surface area contributed by atoms with E-state index in [1.54, 1.807) is 0 Å². The predicted octanol–water partition coefficient (Wildman–Crippen LogP) is 2.10. The summed E-state index contributed by atoms with van der Waals surface area (Å²) >= 11 is 1.84. The van der Waals surface area contributed by atoms with E-state index < -0.39 is 0 Å². The largest absolute Gasteiger partial charge is 0.343 e. The highest BCUT2D eigenvalue weighted by molar-refractivity contribution is 7.98. The van der Waals surface area contributed by atoms with Crippen molar-refractivity contribution >= 4 is 17.7 Å². The molecule has 1 rings (SSSR count). The van der Waals surface area contributed by atoms with Gasteiger partial charge >= 0.3 is 0 Å². The van der Waals surface area contributed by atoms with Crippen molar-refractivity contribution in [3.05, 3.63) is 0 Å². The van der Waals surface area contributed by atoms with Crippen LogP contribution in [0.15, 0.2) is 0 Å². The lowest BCUT2D eigenvalue weighted by molar-refractivity contribution is -0.137. The molecule has 3 nitrogen and oxygen atoms in total. The Balaban J connectivity index is 2.40. The van der Waals surface area contributed by atoms with E-state index in [0.717, 1.165) is 37.9 Å². The molecular formula is C13H26N2OS. The van der Waals surface area contributed by atoms with Gasteiger partial charge < -0.3 is 10.6 Å². The molecule has 4 heteroatoms. The van der Waals surface area contributed by atoms with Gasteiger partial charge in [-0.3, -0.25) is 4.79 Å². The fourth-order valence-electron chi connectivity index (χ4n) is 2.35. The van der Waals surface area contributed by atoms with Crippen molar-refractivity contribution < 1.29 is 4.79 Å². The first-order chi connectivity index (χ1) is 8.06. The molecule has 1 aliphatic carbocycles. The van der Waals surface area contributed by atoms with Gasteiger partial charge in [0.05, 0.1) is 0 Å². The van der Waals surface area contributed by atoms with Crippen LogP contribution in [0.25, 0.3) is 0 Å². The Kier molecular flexibility index (Phi) is 6.34. The Hall–Kier alpha value is -0.220. The molecular weight excluding hydrogens is 232 g/mol. The summed E-state index contributed by atoms with van der Waals surface area (Å²) < 4.78 is 0. The van der Waals surface area contributed by atoms with E-state index in [1.807, 2.05) is 23.7 Å². The van der Waals surface area contributed by atoms with Crippen LogP contribution in [0.3, 0.4) is 0 Å². The minimum Gasteiger partial charge on any atom is -0.343 e. The molecule has 0 aromatic heterocycles. The van der Waals surface area contributed by atoms with Crippen molar-refractivity contribution in [1.82, 2.24) is 4.90 Å². The summed E-state index contributed by atoms with van der Waals surface area (Å²) in [5.41, 5.74) is 5.87. The molecule has 1 aliphatic rings. The molecule has 0 radical (unpaired) electrons. The lowest BCUT2D eigenvalue weighted by Crippen LogP contribution is -2.41. The van der Waals surface area contributed by atoms with Crippen LogP contribution in [0.4, 0.5) is 0 Å². The second-order valence-corrected chi connectivity index (χ2v) is 6.18. The van der Waals surface area contributed by atoms with Crippen molar-refractivity contribution in [3.8, 4) is 0 Å². The highest BCUT2D eigenvalue weighted by Crippen LogP contribution is 2.25. The molecule has 1 unspecified atom stereocenters. The summed E-state index contributed by atoms with van der Waals surface area (Å²) in [4.78, 5) is 14.2. The van der Waals surface area contributed by atoms with E-state index in [2.05, 4.69) is 13.2 Å². The second-order valence-electron chi connectivity index (χ2n) is 5.19. The van der Waals surface area contributed by atoms with E-state index in [4.69, 9.17) is 5.73 Å².